The van der Waals surface area contributed by atoms with E-state index in [1.807, 2.05) is 0 Å². The highest BCUT2D eigenvalue weighted by molar-refractivity contribution is 7.89. The number of aliphatic carboxylic acids is 1. The Labute approximate surface area is 254 Å². The van der Waals surface area contributed by atoms with Crippen molar-refractivity contribution in [2.75, 3.05) is 38.6 Å². The van der Waals surface area contributed by atoms with E-state index in [9.17, 15) is 22.8 Å². The third-order valence-corrected chi connectivity index (χ3v) is 10.9. The van der Waals surface area contributed by atoms with E-state index in [4.69, 9.17) is 9.84 Å². The number of nitrogens with zero attached hydrogens (tertiary/aromatic N) is 4. The molecule has 1 aliphatic heterocycles. The number of anilines is 1. The molecule has 5 rings (SSSR count). The number of hydrogen-bond donors (Lipinski definition) is 2. The summed E-state index contributed by atoms with van der Waals surface area (Å²) in [7, 11) is -2.28. The molecule has 2 aliphatic rings. The molecule has 2 amide bonds. The van der Waals surface area contributed by atoms with E-state index in [-0.39, 0.29) is 55.7 Å². The molecule has 1 unspecified atom stereocenters. The molecule has 0 bridgehead atoms. The van der Waals surface area contributed by atoms with Crippen LogP contribution in [0.1, 0.15) is 56.4 Å². The Morgan fingerprint density at radius 1 is 1.02 bits per heavy atom. The molecule has 3 heterocycles. The van der Waals surface area contributed by atoms with Gasteiger partial charge in [0.05, 0.1) is 24.3 Å². The average molecular weight is 630 g/mol. The monoisotopic (exact) mass is 629 g/mol. The summed E-state index contributed by atoms with van der Waals surface area (Å²) in [5.74, 6) is -1.13. The summed E-state index contributed by atoms with van der Waals surface area (Å²) in [5.41, 5.74) is 1.39. The van der Waals surface area contributed by atoms with Crippen molar-refractivity contribution in [1.82, 2.24) is 19.2 Å². The Morgan fingerprint density at radius 3 is 2.37 bits per heavy atom. The van der Waals surface area contributed by atoms with Crippen molar-refractivity contribution < 1.29 is 32.6 Å². The van der Waals surface area contributed by atoms with Crippen molar-refractivity contribution in [3.8, 4) is 5.88 Å². The smallest absolute Gasteiger partial charge is 0.303 e. The number of methoxy groups -OCH3 is 1. The van der Waals surface area contributed by atoms with Crippen LogP contribution in [0.5, 0.6) is 5.88 Å². The lowest BCUT2D eigenvalue weighted by molar-refractivity contribution is -0.141. The lowest BCUT2D eigenvalue weighted by Crippen LogP contribution is -2.50. The maximum atomic E-state index is 13.6. The predicted molar refractivity (Wildman–Crippen MR) is 161 cm³/mol. The third-order valence-electron chi connectivity index (χ3n) is 8.09. The Balaban J connectivity index is 1.28. The molecule has 0 radical (unpaired) electrons. The van der Waals surface area contributed by atoms with Gasteiger partial charge in [0.15, 0.2) is 5.13 Å². The number of amides is 2. The summed E-state index contributed by atoms with van der Waals surface area (Å²) >= 11 is 1.27. The lowest BCUT2D eigenvalue weighted by atomic mass is 9.87. The van der Waals surface area contributed by atoms with Crippen LogP contribution >= 0.6 is 11.3 Å². The van der Waals surface area contributed by atoms with Gasteiger partial charge in [0.25, 0.3) is 0 Å². The number of ether oxygens (including phenoxy) is 1. The van der Waals surface area contributed by atoms with Crippen LogP contribution in [-0.4, -0.2) is 83.8 Å². The predicted octanol–water partition coefficient (Wildman–Crippen LogP) is 3.70. The Bertz CT molecular complexity index is 1580. The number of nitrogens with one attached hydrogen (secondary N) is 1. The van der Waals surface area contributed by atoms with Crippen LogP contribution in [0.3, 0.4) is 0 Å². The maximum absolute atomic E-state index is 13.6. The Hall–Kier alpha value is -3.62. The van der Waals surface area contributed by atoms with Crippen LogP contribution in [0.4, 0.5) is 5.13 Å². The molecule has 1 saturated heterocycles. The normalized spacial score (nSPS) is 17.2. The molecule has 0 spiro atoms. The summed E-state index contributed by atoms with van der Waals surface area (Å²) in [6.45, 7) is 0.651. The number of thiazole rings is 1. The van der Waals surface area contributed by atoms with Crippen LogP contribution in [0.15, 0.2) is 41.3 Å². The molecular formula is C29H35N5O7S2. The highest BCUT2D eigenvalue weighted by Gasteiger charge is 2.32. The van der Waals surface area contributed by atoms with Gasteiger partial charge in [0.1, 0.15) is 10.3 Å². The van der Waals surface area contributed by atoms with Gasteiger partial charge in [-0.15, -0.1) is 0 Å². The number of piperazine rings is 1. The van der Waals surface area contributed by atoms with Gasteiger partial charge in [-0.2, -0.15) is 4.31 Å². The molecule has 1 aliphatic carbocycles. The largest absolute Gasteiger partial charge is 0.481 e. The van der Waals surface area contributed by atoms with E-state index in [1.165, 1.54) is 39.8 Å². The van der Waals surface area contributed by atoms with Gasteiger partial charge in [-0.1, -0.05) is 49.2 Å². The number of benzene rings is 1. The third kappa shape index (κ3) is 7.31. The molecule has 1 aromatic carbocycles. The number of pyridine rings is 1. The van der Waals surface area contributed by atoms with Crippen LogP contribution in [-0.2, 0) is 24.4 Å². The van der Waals surface area contributed by atoms with Crippen LogP contribution in [0, 0.1) is 5.92 Å². The standard InChI is InChI=1S/C29H35N5O7S2/c1-41-24-11-10-23-28(31-24)42-29(30-23)32-27(38)22(18-19-4-2-3-5-19)20-6-8-21(9-7-20)43(39,40)34-16-14-33(15-17-34)25(35)12-13-26(36)37/h6-11,19,22H,2-5,12-18H2,1H3,(H,36,37)(H,30,32,38). The molecule has 2 fully saturated rings. The quantitative estimate of drug-likeness (QED) is 0.322. The molecule has 14 heteroatoms. The minimum Gasteiger partial charge on any atom is -0.481 e. The van der Waals surface area contributed by atoms with E-state index >= 15 is 0 Å². The Morgan fingerprint density at radius 2 is 1.72 bits per heavy atom. The molecule has 230 valence electrons. The van der Waals surface area contributed by atoms with Crippen molar-refractivity contribution in [2.45, 2.75) is 55.8 Å². The number of carbonyl (C=O) groups excluding carboxylic acids is 2. The number of hydrogen-bond acceptors (Lipinski definition) is 9. The first-order chi connectivity index (χ1) is 20.6. The highest BCUT2D eigenvalue weighted by Crippen LogP contribution is 2.36. The Kier molecular flexibility index (Phi) is 9.57. The van der Waals surface area contributed by atoms with Crippen LogP contribution in [0.2, 0.25) is 0 Å². The number of rotatable bonds is 11. The topological polar surface area (TPSA) is 159 Å². The molecule has 3 aromatic rings. The maximum Gasteiger partial charge on any atom is 0.303 e. The zero-order chi connectivity index (χ0) is 30.6. The van der Waals surface area contributed by atoms with E-state index < -0.39 is 21.9 Å². The zero-order valence-corrected chi connectivity index (χ0v) is 25.5. The number of carboxylic acids is 1. The molecule has 43 heavy (non-hydrogen) atoms. The van der Waals surface area contributed by atoms with Crippen molar-refractivity contribution in [1.29, 1.82) is 0 Å². The minimum atomic E-state index is -3.82. The fourth-order valence-electron chi connectivity index (χ4n) is 5.70. The van der Waals surface area contributed by atoms with E-state index in [2.05, 4.69) is 15.3 Å². The molecule has 1 atom stereocenters. The number of fused-ring (bicyclic) bond motifs is 1. The van der Waals surface area contributed by atoms with Crippen molar-refractivity contribution in [3.05, 3.63) is 42.0 Å². The fourth-order valence-corrected chi connectivity index (χ4v) is 7.96. The molecule has 2 N–H and O–H groups in total. The highest BCUT2D eigenvalue weighted by atomic mass is 32.2. The second-order valence-corrected chi connectivity index (χ2v) is 13.8. The molecular weight excluding hydrogens is 594 g/mol. The van der Waals surface area contributed by atoms with Crippen molar-refractivity contribution in [3.63, 3.8) is 0 Å². The number of carbonyl (C=O) groups is 3. The first-order valence-corrected chi connectivity index (χ1v) is 16.6. The number of sulfonamides is 1. The summed E-state index contributed by atoms with van der Waals surface area (Å²) in [6, 6.07) is 10.0. The number of carboxylic acid groups (broad SMARTS) is 1. The second kappa shape index (κ2) is 13.3. The van der Waals surface area contributed by atoms with Gasteiger partial charge >= 0.3 is 5.97 Å². The van der Waals surface area contributed by atoms with E-state index in [1.54, 1.807) is 24.3 Å². The van der Waals surface area contributed by atoms with E-state index in [0.717, 1.165) is 31.2 Å². The van der Waals surface area contributed by atoms with Crippen LogP contribution < -0.4 is 10.1 Å². The molecule has 2 aromatic heterocycles. The minimum absolute atomic E-state index is 0.107. The van der Waals surface area contributed by atoms with Gasteiger partial charge < -0.3 is 20.1 Å². The zero-order valence-electron chi connectivity index (χ0n) is 23.9. The summed E-state index contributed by atoms with van der Waals surface area (Å²) in [6.07, 6.45) is 4.70. The van der Waals surface area contributed by atoms with Crippen LogP contribution in [0.25, 0.3) is 10.3 Å². The SMILES string of the molecule is COc1ccc2nc(NC(=O)C(CC3CCCC3)c3ccc(S(=O)(=O)N4CCN(C(=O)CCC(=O)O)CC4)cc3)sc2n1. The van der Waals surface area contributed by atoms with Crippen molar-refractivity contribution >= 4 is 54.6 Å². The van der Waals surface area contributed by atoms with Crippen molar-refractivity contribution in [2.24, 2.45) is 5.92 Å². The fraction of sp³-hybridized carbons (Fsp3) is 0.483. The first-order valence-electron chi connectivity index (χ1n) is 14.4. The lowest BCUT2D eigenvalue weighted by Gasteiger charge is -2.34. The van der Waals surface area contributed by atoms with Gasteiger partial charge in [-0.05, 0) is 36.1 Å². The summed E-state index contributed by atoms with van der Waals surface area (Å²) < 4.78 is 33.3. The summed E-state index contributed by atoms with van der Waals surface area (Å²) in [5, 5.41) is 12.2. The van der Waals surface area contributed by atoms with Gasteiger partial charge in [-0.25, -0.2) is 18.4 Å². The molecule has 1 saturated carbocycles. The van der Waals surface area contributed by atoms with Gasteiger partial charge in [0, 0.05) is 38.7 Å². The second-order valence-electron chi connectivity index (χ2n) is 10.9. The van der Waals surface area contributed by atoms with Gasteiger partial charge in [-0.3, -0.25) is 14.4 Å². The van der Waals surface area contributed by atoms with E-state index in [0.29, 0.717) is 33.7 Å². The van der Waals surface area contributed by atoms with Gasteiger partial charge in [0.2, 0.25) is 27.7 Å². The first kappa shape index (κ1) is 30.8. The average Bonchev–Trinajstić information content (AvgIpc) is 3.67. The number of aromatic nitrogens is 2. The summed E-state index contributed by atoms with van der Waals surface area (Å²) in [4.78, 5) is 47.8. The molecule has 12 nitrogen and oxygen atoms in total.